The van der Waals surface area contributed by atoms with E-state index in [1.54, 1.807) is 36.9 Å². The lowest BCUT2D eigenvalue weighted by molar-refractivity contribution is -0.0498. The number of ether oxygens (including phenoxy) is 3. The Hall–Kier alpha value is -3.72. The van der Waals surface area contributed by atoms with Crippen molar-refractivity contribution < 1.29 is 23.0 Å². The van der Waals surface area contributed by atoms with Crippen LogP contribution in [-0.2, 0) is 0 Å². The van der Waals surface area contributed by atoms with Gasteiger partial charge in [0.05, 0.1) is 25.0 Å². The number of hydrogen-bond acceptors (Lipinski definition) is 6. The van der Waals surface area contributed by atoms with E-state index in [1.807, 2.05) is 24.3 Å². The van der Waals surface area contributed by atoms with E-state index in [0.29, 0.717) is 45.8 Å². The lowest BCUT2D eigenvalue weighted by Gasteiger charge is -2.14. The van der Waals surface area contributed by atoms with Gasteiger partial charge in [-0.15, -0.1) is 11.3 Å². The summed E-state index contributed by atoms with van der Waals surface area (Å²) in [5, 5.41) is 1.78. The first-order chi connectivity index (χ1) is 17.4. The molecule has 0 aliphatic heterocycles. The first-order valence-corrected chi connectivity index (χ1v) is 12.3. The molecule has 4 rings (SSSR count). The molecule has 0 unspecified atom stereocenters. The SMILES string of the molecule is COc1cccc(/C=C/c2nc3sccn3c(=O)c2-c2ccc(OC(F)F)cc2)c1OCCC(C)C. The highest BCUT2D eigenvalue weighted by molar-refractivity contribution is 7.15. The van der Waals surface area contributed by atoms with Crippen molar-refractivity contribution in [2.75, 3.05) is 13.7 Å². The highest BCUT2D eigenvalue weighted by Crippen LogP contribution is 2.33. The van der Waals surface area contributed by atoms with Gasteiger partial charge in [-0.1, -0.05) is 38.1 Å². The number of nitrogens with zero attached hydrogens (tertiary/aromatic N) is 2. The van der Waals surface area contributed by atoms with E-state index in [0.717, 1.165) is 12.0 Å². The molecule has 2 heterocycles. The third-order valence-corrected chi connectivity index (χ3v) is 6.21. The zero-order chi connectivity index (χ0) is 25.7. The molecule has 0 radical (unpaired) electrons. The average Bonchev–Trinajstić information content (AvgIpc) is 3.32. The number of fused-ring (bicyclic) bond motifs is 1. The van der Waals surface area contributed by atoms with Crippen LogP contribution in [0.25, 0.3) is 28.2 Å². The Morgan fingerprint density at radius 1 is 1.11 bits per heavy atom. The zero-order valence-electron chi connectivity index (χ0n) is 20.1. The second-order valence-corrected chi connectivity index (χ2v) is 9.25. The van der Waals surface area contributed by atoms with Gasteiger partial charge in [0.15, 0.2) is 16.5 Å². The van der Waals surface area contributed by atoms with Crippen molar-refractivity contribution in [2.24, 2.45) is 5.92 Å². The molecule has 0 spiro atoms. The maximum absolute atomic E-state index is 13.4. The molecule has 0 N–H and O–H groups in total. The smallest absolute Gasteiger partial charge is 0.387 e. The molecule has 0 saturated heterocycles. The summed E-state index contributed by atoms with van der Waals surface area (Å²) < 4.78 is 42.6. The van der Waals surface area contributed by atoms with Gasteiger partial charge < -0.3 is 14.2 Å². The standard InChI is InChI=1S/C27H26F2N2O4S/c1-17(2)13-15-34-24-19(5-4-6-22(24)33-3)9-12-21-23(25(32)31-14-16-36-27(31)30-21)18-7-10-20(11-8-18)35-26(28)29/h4-12,14,16-17,26H,13,15H2,1-3H3/b12-9+. The van der Waals surface area contributed by atoms with Crippen molar-refractivity contribution in [1.29, 1.82) is 0 Å². The Balaban J connectivity index is 1.76. The van der Waals surface area contributed by atoms with Gasteiger partial charge in [-0.2, -0.15) is 8.78 Å². The Morgan fingerprint density at radius 2 is 1.89 bits per heavy atom. The summed E-state index contributed by atoms with van der Waals surface area (Å²) in [4.78, 5) is 18.6. The number of alkyl halides is 2. The number of para-hydroxylation sites is 1. The minimum atomic E-state index is -2.93. The number of benzene rings is 2. The molecule has 4 aromatic rings. The second-order valence-electron chi connectivity index (χ2n) is 8.38. The molecular weight excluding hydrogens is 486 g/mol. The number of rotatable bonds is 10. The summed E-state index contributed by atoms with van der Waals surface area (Å²) in [6.07, 6.45) is 6.13. The van der Waals surface area contributed by atoms with E-state index >= 15 is 0 Å². The minimum Gasteiger partial charge on any atom is -0.493 e. The van der Waals surface area contributed by atoms with Gasteiger partial charge in [0.2, 0.25) is 0 Å². The molecule has 2 aromatic carbocycles. The topological polar surface area (TPSA) is 62.1 Å². The number of hydrogen-bond donors (Lipinski definition) is 0. The van der Waals surface area contributed by atoms with Gasteiger partial charge in [-0.05, 0) is 48.3 Å². The molecule has 0 atom stereocenters. The first kappa shape index (κ1) is 25.4. The van der Waals surface area contributed by atoms with Crippen LogP contribution in [0.2, 0.25) is 0 Å². The fourth-order valence-electron chi connectivity index (χ4n) is 3.64. The van der Waals surface area contributed by atoms with Gasteiger partial charge in [-0.25, -0.2) is 4.98 Å². The lowest BCUT2D eigenvalue weighted by atomic mass is 10.0. The van der Waals surface area contributed by atoms with Crippen molar-refractivity contribution in [3.8, 4) is 28.4 Å². The molecule has 36 heavy (non-hydrogen) atoms. The molecule has 0 fully saturated rings. The van der Waals surface area contributed by atoms with Crippen molar-refractivity contribution in [3.05, 3.63) is 75.7 Å². The van der Waals surface area contributed by atoms with Crippen molar-refractivity contribution >= 4 is 28.4 Å². The van der Waals surface area contributed by atoms with Crippen LogP contribution >= 0.6 is 11.3 Å². The maximum atomic E-state index is 13.4. The fraction of sp³-hybridized carbons (Fsp3) is 0.259. The Kier molecular flexibility index (Phi) is 8.00. The molecule has 6 nitrogen and oxygen atoms in total. The van der Waals surface area contributed by atoms with E-state index < -0.39 is 6.61 Å². The van der Waals surface area contributed by atoms with Gasteiger partial charge >= 0.3 is 6.61 Å². The highest BCUT2D eigenvalue weighted by Gasteiger charge is 2.16. The molecule has 0 amide bonds. The monoisotopic (exact) mass is 512 g/mol. The predicted octanol–water partition coefficient (Wildman–Crippen LogP) is 6.63. The molecule has 2 aromatic heterocycles. The molecule has 188 valence electrons. The Bertz CT molecular complexity index is 1410. The van der Waals surface area contributed by atoms with Crippen molar-refractivity contribution in [1.82, 2.24) is 9.38 Å². The van der Waals surface area contributed by atoms with Crippen molar-refractivity contribution in [3.63, 3.8) is 0 Å². The van der Waals surface area contributed by atoms with Gasteiger partial charge in [-0.3, -0.25) is 9.20 Å². The van der Waals surface area contributed by atoms with Crippen LogP contribution in [0.5, 0.6) is 17.2 Å². The molecule has 0 aliphatic rings. The van der Waals surface area contributed by atoms with E-state index in [2.05, 4.69) is 23.6 Å². The van der Waals surface area contributed by atoms with Gasteiger partial charge in [0.25, 0.3) is 5.56 Å². The second kappa shape index (κ2) is 11.3. The third kappa shape index (κ3) is 5.73. The summed E-state index contributed by atoms with van der Waals surface area (Å²) in [6.45, 7) is 1.87. The maximum Gasteiger partial charge on any atom is 0.387 e. The van der Waals surface area contributed by atoms with Crippen LogP contribution in [0.3, 0.4) is 0 Å². The van der Waals surface area contributed by atoms with Crippen LogP contribution in [0.4, 0.5) is 8.78 Å². The van der Waals surface area contributed by atoms with E-state index in [4.69, 9.17) is 9.47 Å². The Morgan fingerprint density at radius 3 is 2.58 bits per heavy atom. The summed E-state index contributed by atoms with van der Waals surface area (Å²) >= 11 is 1.34. The predicted molar refractivity (Wildman–Crippen MR) is 138 cm³/mol. The molecule has 0 saturated carbocycles. The molecular formula is C27H26F2N2O4S. The lowest BCUT2D eigenvalue weighted by Crippen LogP contribution is -2.17. The van der Waals surface area contributed by atoms with E-state index in [1.165, 1.54) is 27.9 Å². The number of thiazole rings is 1. The Labute approximate surface area is 211 Å². The van der Waals surface area contributed by atoms with Crippen LogP contribution in [0.1, 0.15) is 31.5 Å². The molecule has 0 bridgehead atoms. The van der Waals surface area contributed by atoms with Gasteiger partial charge in [0, 0.05) is 17.1 Å². The summed E-state index contributed by atoms with van der Waals surface area (Å²) in [6, 6.07) is 11.5. The largest absolute Gasteiger partial charge is 0.493 e. The number of aromatic nitrogens is 2. The van der Waals surface area contributed by atoms with Gasteiger partial charge in [0.1, 0.15) is 5.75 Å². The van der Waals surface area contributed by atoms with E-state index in [9.17, 15) is 13.6 Å². The summed E-state index contributed by atoms with van der Waals surface area (Å²) in [5.74, 6) is 1.72. The number of methoxy groups -OCH3 is 1. The number of halogens is 2. The fourth-order valence-corrected chi connectivity index (χ4v) is 4.35. The van der Waals surface area contributed by atoms with Crippen LogP contribution in [-0.4, -0.2) is 29.7 Å². The quantitative estimate of drug-likeness (QED) is 0.239. The minimum absolute atomic E-state index is 0.00934. The summed E-state index contributed by atoms with van der Waals surface area (Å²) in [5.41, 5.74) is 1.84. The van der Waals surface area contributed by atoms with Crippen LogP contribution in [0.15, 0.2) is 58.8 Å². The van der Waals surface area contributed by atoms with Crippen LogP contribution < -0.4 is 19.8 Å². The summed E-state index contributed by atoms with van der Waals surface area (Å²) in [7, 11) is 1.59. The highest BCUT2D eigenvalue weighted by atomic mass is 32.1. The average molecular weight is 513 g/mol. The first-order valence-electron chi connectivity index (χ1n) is 11.4. The van der Waals surface area contributed by atoms with E-state index in [-0.39, 0.29) is 11.3 Å². The molecule has 9 heteroatoms. The third-order valence-electron chi connectivity index (χ3n) is 5.45. The van der Waals surface area contributed by atoms with Crippen LogP contribution in [0, 0.1) is 5.92 Å². The normalized spacial score (nSPS) is 11.6. The zero-order valence-corrected chi connectivity index (χ0v) is 20.9. The van der Waals surface area contributed by atoms with Crippen molar-refractivity contribution in [2.45, 2.75) is 26.9 Å². The molecule has 0 aliphatic carbocycles.